The van der Waals surface area contributed by atoms with Gasteiger partial charge in [0.25, 0.3) is 0 Å². The summed E-state index contributed by atoms with van der Waals surface area (Å²) in [5, 5.41) is 9.10. The number of hydrogen-bond acceptors (Lipinski definition) is 1. The molecule has 0 heterocycles. The molecule has 0 spiro atoms. The second kappa shape index (κ2) is 4.53. The van der Waals surface area contributed by atoms with Crippen molar-refractivity contribution in [1.29, 1.82) is 5.26 Å². The molecular weight excluding hydrogens is 194 g/mol. The van der Waals surface area contributed by atoms with Gasteiger partial charge in [-0.1, -0.05) is 50.6 Å². The zero-order valence-corrected chi connectivity index (χ0v) is 9.90. The fraction of sp³-hybridized carbons (Fsp3) is 0.400. The molecule has 1 aromatic rings. The summed E-state index contributed by atoms with van der Waals surface area (Å²) in [4.78, 5) is 0. The van der Waals surface area contributed by atoms with Gasteiger partial charge in [0.15, 0.2) is 0 Å². The van der Waals surface area contributed by atoms with Crippen LogP contribution in [0.5, 0.6) is 0 Å². The first-order valence-corrected chi connectivity index (χ1v) is 5.97. The molecular formula is C15H17N. The second-order valence-corrected chi connectivity index (χ2v) is 4.54. The fourth-order valence-corrected chi connectivity index (χ4v) is 2.48. The van der Waals surface area contributed by atoms with Gasteiger partial charge in [-0.2, -0.15) is 5.26 Å². The summed E-state index contributed by atoms with van der Waals surface area (Å²) < 4.78 is 0. The third-order valence-electron chi connectivity index (χ3n) is 3.68. The van der Waals surface area contributed by atoms with Crippen LogP contribution in [0, 0.1) is 17.2 Å². The zero-order chi connectivity index (χ0) is 11.5. The number of fused-ring (bicyclic) bond motifs is 1. The first-order chi connectivity index (χ1) is 7.77. The third kappa shape index (κ3) is 1.76. The van der Waals surface area contributed by atoms with Crippen LogP contribution in [0.3, 0.4) is 0 Å². The molecule has 0 N–H and O–H groups in total. The first kappa shape index (κ1) is 11.0. The van der Waals surface area contributed by atoms with Crippen molar-refractivity contribution in [2.45, 2.75) is 32.6 Å². The minimum Gasteiger partial charge on any atom is -0.192 e. The predicted octanol–water partition coefficient (Wildman–Crippen LogP) is 4.13. The molecule has 2 atom stereocenters. The molecule has 1 heteroatoms. The van der Waals surface area contributed by atoms with Crippen molar-refractivity contribution in [3.8, 4) is 6.07 Å². The van der Waals surface area contributed by atoms with E-state index >= 15 is 0 Å². The molecule has 0 amide bonds. The minimum atomic E-state index is 0.582. The van der Waals surface area contributed by atoms with Gasteiger partial charge in [0, 0.05) is 0 Å². The Balaban J connectivity index is 2.46. The number of allylic oxidation sites excluding steroid dienone is 2. The number of rotatable bonds is 2. The summed E-state index contributed by atoms with van der Waals surface area (Å²) in [5.74, 6) is 1.26. The highest BCUT2D eigenvalue weighted by molar-refractivity contribution is 5.80. The SMILES string of the molecule is CCC(C)C1CC=C(C#N)c2ccccc21. The molecule has 16 heavy (non-hydrogen) atoms. The van der Waals surface area contributed by atoms with E-state index in [1.54, 1.807) is 0 Å². The summed E-state index contributed by atoms with van der Waals surface area (Å²) in [6.45, 7) is 4.53. The van der Waals surface area contributed by atoms with Crippen LogP contribution < -0.4 is 0 Å². The molecule has 1 aromatic carbocycles. The Bertz CT molecular complexity index is 451. The largest absolute Gasteiger partial charge is 0.192 e. The van der Waals surface area contributed by atoms with Gasteiger partial charge >= 0.3 is 0 Å². The van der Waals surface area contributed by atoms with Crippen LogP contribution in [0.1, 0.15) is 43.7 Å². The first-order valence-electron chi connectivity index (χ1n) is 5.97. The minimum absolute atomic E-state index is 0.582. The van der Waals surface area contributed by atoms with Crippen LogP contribution in [0.2, 0.25) is 0 Å². The normalized spacial score (nSPS) is 20.6. The van der Waals surface area contributed by atoms with Crippen LogP contribution in [-0.2, 0) is 0 Å². The van der Waals surface area contributed by atoms with E-state index in [1.807, 2.05) is 6.07 Å². The Labute approximate surface area is 97.4 Å². The molecule has 1 aliphatic carbocycles. The van der Waals surface area contributed by atoms with Crippen LogP contribution in [-0.4, -0.2) is 0 Å². The number of benzene rings is 1. The zero-order valence-electron chi connectivity index (χ0n) is 9.90. The van der Waals surface area contributed by atoms with Crippen LogP contribution in [0.15, 0.2) is 30.3 Å². The van der Waals surface area contributed by atoms with Crippen molar-refractivity contribution in [1.82, 2.24) is 0 Å². The summed E-state index contributed by atoms with van der Waals surface area (Å²) in [5.41, 5.74) is 3.34. The van der Waals surface area contributed by atoms with Crippen molar-refractivity contribution in [3.63, 3.8) is 0 Å². The summed E-state index contributed by atoms with van der Waals surface area (Å²) >= 11 is 0. The Hall–Kier alpha value is -1.55. The van der Waals surface area contributed by atoms with E-state index in [9.17, 15) is 0 Å². The predicted molar refractivity (Wildman–Crippen MR) is 66.8 cm³/mol. The maximum atomic E-state index is 9.10. The monoisotopic (exact) mass is 211 g/mol. The summed E-state index contributed by atoms with van der Waals surface area (Å²) in [7, 11) is 0. The Morgan fingerprint density at radius 1 is 1.44 bits per heavy atom. The molecule has 0 saturated carbocycles. The lowest BCUT2D eigenvalue weighted by molar-refractivity contribution is 0.445. The highest BCUT2D eigenvalue weighted by Crippen LogP contribution is 2.39. The average molecular weight is 211 g/mol. The van der Waals surface area contributed by atoms with Crippen molar-refractivity contribution in [2.75, 3.05) is 0 Å². The quantitative estimate of drug-likeness (QED) is 0.721. The van der Waals surface area contributed by atoms with Gasteiger partial charge in [-0.25, -0.2) is 0 Å². The molecule has 2 unspecified atom stereocenters. The maximum Gasteiger partial charge on any atom is 0.0994 e. The van der Waals surface area contributed by atoms with Crippen molar-refractivity contribution in [2.24, 2.45) is 5.92 Å². The second-order valence-electron chi connectivity index (χ2n) is 4.54. The topological polar surface area (TPSA) is 23.8 Å². The Morgan fingerprint density at radius 3 is 2.88 bits per heavy atom. The fourth-order valence-electron chi connectivity index (χ4n) is 2.48. The molecule has 1 aliphatic rings. The molecule has 0 radical (unpaired) electrons. The van der Waals surface area contributed by atoms with E-state index in [0.717, 1.165) is 17.6 Å². The highest BCUT2D eigenvalue weighted by atomic mass is 14.3. The molecule has 2 rings (SSSR count). The Kier molecular flexibility index (Phi) is 3.10. The van der Waals surface area contributed by atoms with Gasteiger partial charge in [-0.15, -0.1) is 0 Å². The smallest absolute Gasteiger partial charge is 0.0994 e. The van der Waals surface area contributed by atoms with Gasteiger partial charge in [-0.05, 0) is 29.4 Å². The highest BCUT2D eigenvalue weighted by Gasteiger charge is 2.24. The number of nitrogens with zero attached hydrogens (tertiary/aromatic N) is 1. The number of hydrogen-bond donors (Lipinski definition) is 0. The molecule has 0 bridgehead atoms. The average Bonchev–Trinajstić information content (AvgIpc) is 2.36. The number of nitriles is 1. The summed E-state index contributed by atoms with van der Waals surface area (Å²) in [6, 6.07) is 10.6. The van der Waals surface area contributed by atoms with E-state index in [-0.39, 0.29) is 0 Å². The van der Waals surface area contributed by atoms with Gasteiger partial charge in [0.2, 0.25) is 0 Å². The van der Waals surface area contributed by atoms with E-state index in [0.29, 0.717) is 11.8 Å². The lowest BCUT2D eigenvalue weighted by atomic mass is 9.76. The lowest BCUT2D eigenvalue weighted by Gasteiger charge is -2.27. The molecule has 0 aromatic heterocycles. The molecule has 0 aliphatic heterocycles. The van der Waals surface area contributed by atoms with E-state index in [1.165, 1.54) is 12.0 Å². The van der Waals surface area contributed by atoms with Crippen LogP contribution in [0.25, 0.3) is 5.57 Å². The van der Waals surface area contributed by atoms with E-state index in [2.05, 4.69) is 44.2 Å². The standard InChI is InChI=1S/C15H17N/c1-3-11(2)13-9-8-12(10-16)14-6-4-5-7-15(13)14/h4-8,11,13H,3,9H2,1-2H3. The molecule has 1 nitrogen and oxygen atoms in total. The summed E-state index contributed by atoms with van der Waals surface area (Å²) in [6.07, 6.45) is 4.29. The van der Waals surface area contributed by atoms with E-state index < -0.39 is 0 Å². The van der Waals surface area contributed by atoms with Gasteiger partial charge in [0.1, 0.15) is 0 Å². The van der Waals surface area contributed by atoms with Crippen LogP contribution >= 0.6 is 0 Å². The van der Waals surface area contributed by atoms with Crippen molar-refractivity contribution >= 4 is 5.57 Å². The van der Waals surface area contributed by atoms with Crippen molar-refractivity contribution < 1.29 is 0 Å². The van der Waals surface area contributed by atoms with E-state index in [4.69, 9.17) is 5.26 Å². The third-order valence-corrected chi connectivity index (χ3v) is 3.68. The van der Waals surface area contributed by atoms with Crippen LogP contribution in [0.4, 0.5) is 0 Å². The van der Waals surface area contributed by atoms with Gasteiger partial charge < -0.3 is 0 Å². The van der Waals surface area contributed by atoms with Crippen molar-refractivity contribution in [3.05, 3.63) is 41.5 Å². The molecule has 82 valence electrons. The lowest BCUT2D eigenvalue weighted by Crippen LogP contribution is -2.13. The molecule has 0 fully saturated rings. The van der Waals surface area contributed by atoms with Gasteiger partial charge in [-0.3, -0.25) is 0 Å². The molecule has 0 saturated heterocycles. The Morgan fingerprint density at radius 2 is 2.19 bits per heavy atom. The maximum absolute atomic E-state index is 9.10. The van der Waals surface area contributed by atoms with Gasteiger partial charge in [0.05, 0.1) is 11.6 Å².